The van der Waals surface area contributed by atoms with E-state index in [2.05, 4.69) is 35.7 Å². The van der Waals surface area contributed by atoms with E-state index in [1.807, 2.05) is 20.9 Å². The minimum Gasteiger partial charge on any atom is -0.463 e. The third-order valence-electron chi connectivity index (χ3n) is 2.77. The molecule has 0 aliphatic rings. The average Bonchev–Trinajstić information content (AvgIpc) is 2.68. The molecule has 0 aliphatic heterocycles. The van der Waals surface area contributed by atoms with Crippen molar-refractivity contribution in [3.05, 3.63) is 27.9 Å². The molecule has 0 N–H and O–H groups in total. The maximum Gasteiger partial charge on any atom is 0.376 e. The summed E-state index contributed by atoms with van der Waals surface area (Å²) in [6.07, 6.45) is 1.71. The lowest BCUT2D eigenvalue weighted by atomic mass is 10.1. The zero-order valence-electron chi connectivity index (χ0n) is 11.1. The topological polar surface area (TPSA) is 69.9 Å². The van der Waals surface area contributed by atoms with Gasteiger partial charge in [-0.2, -0.15) is 5.10 Å². The summed E-state index contributed by atoms with van der Waals surface area (Å²) >= 11 is 3.45. The quantitative estimate of drug-likeness (QED) is 0.790. The van der Waals surface area contributed by atoms with Crippen LogP contribution in [0.5, 0.6) is 0 Å². The largest absolute Gasteiger partial charge is 0.463 e. The first kappa shape index (κ1) is 13.7. The Morgan fingerprint density at radius 2 is 1.89 bits per heavy atom. The van der Waals surface area contributed by atoms with Gasteiger partial charge in [0.2, 0.25) is 5.82 Å². The van der Waals surface area contributed by atoms with E-state index >= 15 is 0 Å². The molecule has 0 saturated carbocycles. The highest BCUT2D eigenvalue weighted by Gasteiger charge is 2.19. The molecule has 0 fully saturated rings. The molecule has 19 heavy (non-hydrogen) atoms. The number of ether oxygens (including phenoxy) is 1. The highest BCUT2D eigenvalue weighted by atomic mass is 79.9. The molecule has 2 rings (SSSR count). The van der Waals surface area contributed by atoms with E-state index in [4.69, 9.17) is 0 Å². The zero-order chi connectivity index (χ0) is 14.2. The Hall–Kier alpha value is -1.76. The van der Waals surface area contributed by atoms with E-state index in [0.29, 0.717) is 11.4 Å². The van der Waals surface area contributed by atoms with E-state index in [1.54, 1.807) is 10.9 Å². The molecule has 100 valence electrons. The Morgan fingerprint density at radius 1 is 1.32 bits per heavy atom. The van der Waals surface area contributed by atoms with Crippen LogP contribution in [0, 0.1) is 13.8 Å². The molecule has 0 unspecified atom stereocenters. The number of rotatable bonds is 2. The first-order chi connectivity index (χ1) is 8.95. The van der Waals surface area contributed by atoms with Crippen molar-refractivity contribution in [2.24, 2.45) is 7.05 Å². The van der Waals surface area contributed by atoms with Crippen molar-refractivity contribution in [1.29, 1.82) is 0 Å². The van der Waals surface area contributed by atoms with E-state index in [9.17, 15) is 4.79 Å². The number of nitrogens with zero attached hydrogens (tertiary/aromatic N) is 4. The SMILES string of the molecule is COC(=O)c1nc(C)c(-c2c(Br)cnn2C)c(C)n1. The van der Waals surface area contributed by atoms with Gasteiger partial charge in [0.15, 0.2) is 0 Å². The molecule has 2 heterocycles. The van der Waals surface area contributed by atoms with Gasteiger partial charge in [-0.25, -0.2) is 14.8 Å². The van der Waals surface area contributed by atoms with Crippen LogP contribution in [0.2, 0.25) is 0 Å². The van der Waals surface area contributed by atoms with Crippen LogP contribution in [-0.2, 0) is 11.8 Å². The second kappa shape index (κ2) is 5.08. The standard InChI is InChI=1S/C12H13BrN4O2/c1-6-9(10-8(13)5-14-17(10)3)7(2)16-11(15-6)12(18)19-4/h5H,1-4H3. The van der Waals surface area contributed by atoms with Gasteiger partial charge in [-0.3, -0.25) is 4.68 Å². The summed E-state index contributed by atoms with van der Waals surface area (Å²) in [5, 5.41) is 4.17. The summed E-state index contributed by atoms with van der Waals surface area (Å²) in [7, 11) is 3.15. The third kappa shape index (κ3) is 2.37. The van der Waals surface area contributed by atoms with E-state index < -0.39 is 5.97 Å². The number of carbonyl (C=O) groups is 1. The molecule has 0 bridgehead atoms. The predicted octanol–water partition coefficient (Wildman–Crippen LogP) is 2.04. The first-order valence-electron chi connectivity index (χ1n) is 5.57. The summed E-state index contributed by atoms with van der Waals surface area (Å²) in [6, 6.07) is 0. The highest BCUT2D eigenvalue weighted by molar-refractivity contribution is 9.10. The molecule has 2 aromatic heterocycles. The maximum absolute atomic E-state index is 11.5. The van der Waals surface area contributed by atoms with Crippen LogP contribution in [0.25, 0.3) is 11.3 Å². The van der Waals surface area contributed by atoms with E-state index in [-0.39, 0.29) is 5.82 Å². The molecular formula is C12H13BrN4O2. The predicted molar refractivity (Wildman–Crippen MR) is 72.7 cm³/mol. The van der Waals surface area contributed by atoms with Crippen molar-refractivity contribution in [1.82, 2.24) is 19.7 Å². The normalized spacial score (nSPS) is 10.6. The van der Waals surface area contributed by atoms with Gasteiger partial charge < -0.3 is 4.74 Å². The lowest BCUT2D eigenvalue weighted by Crippen LogP contribution is -2.11. The van der Waals surface area contributed by atoms with Crippen molar-refractivity contribution in [2.45, 2.75) is 13.8 Å². The monoisotopic (exact) mass is 324 g/mol. The van der Waals surface area contributed by atoms with Crippen LogP contribution < -0.4 is 0 Å². The highest BCUT2D eigenvalue weighted by Crippen LogP contribution is 2.31. The van der Waals surface area contributed by atoms with Crippen LogP contribution in [0.3, 0.4) is 0 Å². The molecule has 2 aromatic rings. The van der Waals surface area contributed by atoms with Gasteiger partial charge in [0.1, 0.15) is 0 Å². The number of esters is 1. The molecule has 0 aromatic carbocycles. The third-order valence-corrected chi connectivity index (χ3v) is 3.35. The minimum atomic E-state index is -0.540. The fourth-order valence-corrected chi connectivity index (χ4v) is 2.48. The maximum atomic E-state index is 11.5. The summed E-state index contributed by atoms with van der Waals surface area (Å²) in [6.45, 7) is 3.66. The fraction of sp³-hybridized carbons (Fsp3) is 0.333. The zero-order valence-corrected chi connectivity index (χ0v) is 12.6. The Morgan fingerprint density at radius 3 is 2.32 bits per heavy atom. The molecule has 0 spiro atoms. The molecule has 6 nitrogen and oxygen atoms in total. The Balaban J connectivity index is 2.64. The van der Waals surface area contributed by atoms with Crippen molar-refractivity contribution in [3.63, 3.8) is 0 Å². The van der Waals surface area contributed by atoms with Crippen LogP contribution in [0.15, 0.2) is 10.7 Å². The van der Waals surface area contributed by atoms with E-state index in [0.717, 1.165) is 15.7 Å². The Kier molecular flexibility index (Phi) is 3.66. The van der Waals surface area contributed by atoms with Crippen molar-refractivity contribution >= 4 is 21.9 Å². The van der Waals surface area contributed by atoms with Gasteiger partial charge in [-0.15, -0.1) is 0 Å². The number of aromatic nitrogens is 4. The first-order valence-corrected chi connectivity index (χ1v) is 6.36. The number of hydrogen-bond donors (Lipinski definition) is 0. The average molecular weight is 325 g/mol. The second-order valence-corrected chi connectivity index (χ2v) is 4.90. The van der Waals surface area contributed by atoms with Gasteiger partial charge in [0, 0.05) is 12.6 Å². The molecule has 7 heteroatoms. The van der Waals surface area contributed by atoms with Gasteiger partial charge in [0.25, 0.3) is 0 Å². The fourth-order valence-electron chi connectivity index (χ4n) is 1.93. The summed E-state index contributed by atoms with van der Waals surface area (Å²) < 4.78 is 7.23. The molecule has 0 aliphatic carbocycles. The van der Waals surface area contributed by atoms with Crippen molar-refractivity contribution in [3.8, 4) is 11.3 Å². The van der Waals surface area contributed by atoms with Crippen molar-refractivity contribution in [2.75, 3.05) is 7.11 Å². The summed E-state index contributed by atoms with van der Waals surface area (Å²) in [5.74, 6) is -0.471. The smallest absolute Gasteiger partial charge is 0.376 e. The Labute approximate surface area is 119 Å². The summed E-state index contributed by atoms with van der Waals surface area (Å²) in [4.78, 5) is 19.9. The van der Waals surface area contributed by atoms with Crippen LogP contribution in [0.4, 0.5) is 0 Å². The van der Waals surface area contributed by atoms with Gasteiger partial charge in [-0.05, 0) is 29.8 Å². The van der Waals surface area contributed by atoms with Gasteiger partial charge in [-0.1, -0.05) is 0 Å². The molecule has 0 saturated heterocycles. The molecule has 0 radical (unpaired) electrons. The van der Waals surface area contributed by atoms with Gasteiger partial charge >= 0.3 is 5.97 Å². The lowest BCUT2D eigenvalue weighted by molar-refractivity contribution is 0.0586. The number of hydrogen-bond acceptors (Lipinski definition) is 5. The van der Waals surface area contributed by atoms with Crippen molar-refractivity contribution < 1.29 is 9.53 Å². The lowest BCUT2D eigenvalue weighted by Gasteiger charge is -2.11. The molecule has 0 amide bonds. The van der Waals surface area contributed by atoms with Crippen LogP contribution in [0.1, 0.15) is 22.0 Å². The van der Waals surface area contributed by atoms with E-state index in [1.165, 1.54) is 7.11 Å². The van der Waals surface area contributed by atoms with Crippen LogP contribution in [-0.4, -0.2) is 32.8 Å². The minimum absolute atomic E-state index is 0.0690. The summed E-state index contributed by atoms with van der Waals surface area (Å²) in [5.41, 5.74) is 3.15. The van der Waals surface area contributed by atoms with Crippen LogP contribution >= 0.6 is 15.9 Å². The Bertz CT molecular complexity index is 609. The molecular weight excluding hydrogens is 312 g/mol. The number of halogens is 1. The second-order valence-electron chi connectivity index (χ2n) is 4.05. The van der Waals surface area contributed by atoms with Gasteiger partial charge in [0.05, 0.1) is 34.9 Å². The number of aryl methyl sites for hydroxylation is 3. The number of carbonyl (C=O) groups excluding carboxylic acids is 1. The number of methoxy groups -OCH3 is 1. The molecule has 0 atom stereocenters.